The molecule has 1 heterocycles. The maximum Gasteiger partial charge on any atom is 0.226 e. The first-order chi connectivity index (χ1) is 9.25. The molecule has 3 heteroatoms. The fourth-order valence-corrected chi connectivity index (χ4v) is 2.86. The maximum absolute atomic E-state index is 12.7. The topological polar surface area (TPSA) is 25.2 Å². The second-order valence-electron chi connectivity index (χ2n) is 5.79. The van der Waals surface area contributed by atoms with Crippen LogP contribution in [0.15, 0.2) is 30.5 Å². The number of amides is 1. The van der Waals surface area contributed by atoms with Crippen LogP contribution in [-0.4, -0.2) is 21.4 Å². The molecular formula is C16H22N2O. The SMILES string of the molecule is Cn1cccc1CN(C(=O)C1CC=CCC1)C1CC1. The van der Waals surface area contributed by atoms with Gasteiger partial charge >= 0.3 is 0 Å². The predicted molar refractivity (Wildman–Crippen MR) is 75.5 cm³/mol. The Morgan fingerprint density at radius 3 is 2.79 bits per heavy atom. The molecule has 0 bridgehead atoms. The summed E-state index contributed by atoms with van der Waals surface area (Å²) >= 11 is 0. The van der Waals surface area contributed by atoms with Gasteiger partial charge in [-0.3, -0.25) is 4.79 Å². The second kappa shape index (κ2) is 5.24. The summed E-state index contributed by atoms with van der Waals surface area (Å²) in [4.78, 5) is 14.8. The third-order valence-electron chi connectivity index (χ3n) is 4.27. The van der Waals surface area contributed by atoms with E-state index in [2.05, 4.69) is 27.7 Å². The Labute approximate surface area is 114 Å². The van der Waals surface area contributed by atoms with Crippen LogP contribution >= 0.6 is 0 Å². The molecule has 2 aliphatic carbocycles. The van der Waals surface area contributed by atoms with Crippen LogP contribution in [0.25, 0.3) is 0 Å². The molecule has 1 fully saturated rings. The van der Waals surface area contributed by atoms with Crippen molar-refractivity contribution in [3.8, 4) is 0 Å². The van der Waals surface area contributed by atoms with Gasteiger partial charge in [0.1, 0.15) is 0 Å². The van der Waals surface area contributed by atoms with Crippen LogP contribution in [-0.2, 0) is 18.4 Å². The van der Waals surface area contributed by atoms with Gasteiger partial charge < -0.3 is 9.47 Å². The van der Waals surface area contributed by atoms with Gasteiger partial charge in [0.2, 0.25) is 5.91 Å². The monoisotopic (exact) mass is 258 g/mol. The summed E-state index contributed by atoms with van der Waals surface area (Å²) in [5.41, 5.74) is 1.23. The quantitative estimate of drug-likeness (QED) is 0.762. The van der Waals surface area contributed by atoms with Gasteiger partial charge in [-0.05, 0) is 44.2 Å². The van der Waals surface area contributed by atoms with E-state index in [0.717, 1.165) is 25.8 Å². The van der Waals surface area contributed by atoms with Crippen LogP contribution in [0.1, 0.15) is 37.8 Å². The maximum atomic E-state index is 12.7. The summed E-state index contributed by atoms with van der Waals surface area (Å²) in [6.45, 7) is 0.771. The normalized spacial score (nSPS) is 22.5. The average molecular weight is 258 g/mol. The number of carbonyl (C=O) groups excluding carboxylic acids is 1. The number of nitrogens with zero attached hydrogens (tertiary/aromatic N) is 2. The Hall–Kier alpha value is -1.51. The minimum Gasteiger partial charge on any atom is -0.353 e. The lowest BCUT2D eigenvalue weighted by atomic mass is 9.93. The molecule has 1 saturated carbocycles. The first-order valence-electron chi connectivity index (χ1n) is 7.31. The molecule has 3 nitrogen and oxygen atoms in total. The van der Waals surface area contributed by atoms with Crippen LogP contribution < -0.4 is 0 Å². The number of carbonyl (C=O) groups is 1. The molecular weight excluding hydrogens is 236 g/mol. The van der Waals surface area contributed by atoms with Gasteiger partial charge in [-0.2, -0.15) is 0 Å². The van der Waals surface area contributed by atoms with Gasteiger partial charge in [0.25, 0.3) is 0 Å². The summed E-state index contributed by atoms with van der Waals surface area (Å²) in [7, 11) is 2.05. The highest BCUT2D eigenvalue weighted by atomic mass is 16.2. The minimum atomic E-state index is 0.214. The van der Waals surface area contributed by atoms with Crippen molar-refractivity contribution in [2.24, 2.45) is 13.0 Å². The zero-order valence-corrected chi connectivity index (χ0v) is 11.6. The van der Waals surface area contributed by atoms with Crippen LogP contribution in [0, 0.1) is 5.92 Å². The van der Waals surface area contributed by atoms with Crippen molar-refractivity contribution >= 4 is 5.91 Å². The Balaban J connectivity index is 1.72. The molecule has 1 aromatic rings. The Bertz CT molecular complexity index is 485. The van der Waals surface area contributed by atoms with Gasteiger partial charge in [-0.1, -0.05) is 12.2 Å². The highest BCUT2D eigenvalue weighted by Gasteiger charge is 2.35. The van der Waals surface area contributed by atoms with Crippen molar-refractivity contribution in [1.29, 1.82) is 0 Å². The van der Waals surface area contributed by atoms with Crippen LogP contribution in [0.5, 0.6) is 0 Å². The third kappa shape index (κ3) is 2.75. The molecule has 3 rings (SSSR count). The van der Waals surface area contributed by atoms with E-state index in [9.17, 15) is 4.79 Å². The van der Waals surface area contributed by atoms with Crippen LogP contribution in [0.3, 0.4) is 0 Å². The average Bonchev–Trinajstić information content (AvgIpc) is 3.20. The van der Waals surface area contributed by atoms with Gasteiger partial charge in [0.05, 0.1) is 6.54 Å². The fraction of sp³-hybridized carbons (Fsp3) is 0.562. The van der Waals surface area contributed by atoms with E-state index in [0.29, 0.717) is 11.9 Å². The fourth-order valence-electron chi connectivity index (χ4n) is 2.86. The van der Waals surface area contributed by atoms with Gasteiger partial charge in [-0.15, -0.1) is 0 Å². The van der Waals surface area contributed by atoms with E-state index in [4.69, 9.17) is 0 Å². The highest BCUT2D eigenvalue weighted by Crippen LogP contribution is 2.32. The lowest BCUT2D eigenvalue weighted by Gasteiger charge is -2.28. The number of aryl methyl sites for hydroxylation is 1. The standard InChI is InChI=1S/C16H22N2O/c1-17-11-5-8-15(17)12-18(14-9-10-14)16(19)13-6-3-2-4-7-13/h2-3,5,8,11,13-14H,4,6-7,9-10,12H2,1H3. The summed E-state index contributed by atoms with van der Waals surface area (Å²) in [5.74, 6) is 0.582. The van der Waals surface area contributed by atoms with E-state index >= 15 is 0 Å². The Kier molecular flexibility index (Phi) is 3.45. The largest absolute Gasteiger partial charge is 0.353 e. The third-order valence-corrected chi connectivity index (χ3v) is 4.27. The Morgan fingerprint density at radius 2 is 2.21 bits per heavy atom. The lowest BCUT2D eigenvalue weighted by molar-refractivity contribution is -0.137. The molecule has 0 spiro atoms. The summed E-state index contributed by atoms with van der Waals surface area (Å²) in [6, 6.07) is 4.66. The van der Waals surface area contributed by atoms with E-state index in [1.807, 2.05) is 19.3 Å². The molecule has 0 radical (unpaired) electrons. The molecule has 2 aliphatic rings. The molecule has 19 heavy (non-hydrogen) atoms. The van der Waals surface area contributed by atoms with E-state index in [-0.39, 0.29) is 5.92 Å². The first-order valence-corrected chi connectivity index (χ1v) is 7.31. The van der Waals surface area contributed by atoms with Crippen molar-refractivity contribution in [2.75, 3.05) is 0 Å². The number of hydrogen-bond acceptors (Lipinski definition) is 1. The predicted octanol–water partition coefficient (Wildman–Crippen LogP) is 2.87. The van der Waals surface area contributed by atoms with Crippen LogP contribution in [0.2, 0.25) is 0 Å². The number of rotatable bonds is 4. The van der Waals surface area contributed by atoms with E-state index < -0.39 is 0 Å². The van der Waals surface area contributed by atoms with Gasteiger partial charge in [0.15, 0.2) is 0 Å². The molecule has 0 N–H and O–H groups in total. The zero-order valence-electron chi connectivity index (χ0n) is 11.6. The molecule has 0 saturated heterocycles. The van der Waals surface area contributed by atoms with Crippen molar-refractivity contribution in [2.45, 2.75) is 44.7 Å². The summed E-state index contributed by atoms with van der Waals surface area (Å²) in [6.07, 6.45) is 11.8. The zero-order chi connectivity index (χ0) is 13.2. The van der Waals surface area contributed by atoms with Gasteiger partial charge in [0, 0.05) is 30.9 Å². The van der Waals surface area contributed by atoms with Crippen molar-refractivity contribution in [3.05, 3.63) is 36.2 Å². The number of hydrogen-bond donors (Lipinski definition) is 0. The van der Waals surface area contributed by atoms with Gasteiger partial charge in [-0.25, -0.2) is 0 Å². The number of allylic oxidation sites excluding steroid dienone is 2. The molecule has 102 valence electrons. The molecule has 1 atom stereocenters. The second-order valence-corrected chi connectivity index (χ2v) is 5.79. The molecule has 1 amide bonds. The van der Waals surface area contributed by atoms with Crippen molar-refractivity contribution < 1.29 is 4.79 Å². The van der Waals surface area contributed by atoms with E-state index in [1.54, 1.807) is 0 Å². The molecule has 1 unspecified atom stereocenters. The minimum absolute atomic E-state index is 0.214. The Morgan fingerprint density at radius 1 is 1.37 bits per heavy atom. The first kappa shape index (κ1) is 12.5. The highest BCUT2D eigenvalue weighted by molar-refractivity contribution is 5.79. The van der Waals surface area contributed by atoms with Crippen molar-refractivity contribution in [1.82, 2.24) is 9.47 Å². The van der Waals surface area contributed by atoms with E-state index in [1.165, 1.54) is 18.5 Å². The number of aromatic nitrogens is 1. The molecule has 1 aromatic heterocycles. The lowest BCUT2D eigenvalue weighted by Crippen LogP contribution is -2.38. The summed E-state index contributed by atoms with van der Waals surface area (Å²) < 4.78 is 2.11. The summed E-state index contributed by atoms with van der Waals surface area (Å²) in [5, 5.41) is 0. The van der Waals surface area contributed by atoms with Crippen LogP contribution in [0.4, 0.5) is 0 Å². The smallest absolute Gasteiger partial charge is 0.226 e. The molecule has 0 aromatic carbocycles. The molecule has 0 aliphatic heterocycles. The van der Waals surface area contributed by atoms with Crippen molar-refractivity contribution in [3.63, 3.8) is 0 Å².